The Balaban J connectivity index is 1.56. The molecule has 30 heavy (non-hydrogen) atoms. The number of fused-ring (bicyclic) bond motifs is 2. The first-order valence-electron chi connectivity index (χ1n) is 9.25. The van der Waals surface area contributed by atoms with Crippen molar-refractivity contribution in [1.82, 2.24) is 9.78 Å². The highest BCUT2D eigenvalue weighted by Gasteiger charge is 2.34. The second kappa shape index (κ2) is 6.96. The zero-order chi connectivity index (χ0) is 20.8. The molecule has 3 aromatic heterocycles. The van der Waals surface area contributed by atoms with Gasteiger partial charge in [0, 0.05) is 35.2 Å². The second-order valence-corrected chi connectivity index (χ2v) is 7.97. The number of para-hydroxylation sites is 1. The molecular formula is C21H16N4O4S. The highest BCUT2D eigenvalue weighted by molar-refractivity contribution is 7.10. The van der Waals surface area contributed by atoms with Crippen molar-refractivity contribution in [3.63, 3.8) is 0 Å². The predicted molar refractivity (Wildman–Crippen MR) is 113 cm³/mol. The summed E-state index contributed by atoms with van der Waals surface area (Å²) in [7, 11) is 1.69. The monoisotopic (exact) mass is 420 g/mol. The predicted octanol–water partition coefficient (Wildman–Crippen LogP) is 3.31. The number of thiophene rings is 1. The Hall–Kier alpha value is -3.72. The van der Waals surface area contributed by atoms with Crippen molar-refractivity contribution in [3.8, 4) is 0 Å². The van der Waals surface area contributed by atoms with Crippen LogP contribution in [0.15, 0.2) is 57.1 Å². The highest BCUT2D eigenvalue weighted by Crippen LogP contribution is 2.42. The van der Waals surface area contributed by atoms with Crippen molar-refractivity contribution in [2.24, 2.45) is 7.05 Å². The van der Waals surface area contributed by atoms with Gasteiger partial charge >= 0.3 is 5.63 Å². The van der Waals surface area contributed by atoms with Crippen LogP contribution in [0.25, 0.3) is 11.0 Å². The summed E-state index contributed by atoms with van der Waals surface area (Å²) in [6.07, 6.45) is 0.250. The van der Waals surface area contributed by atoms with Gasteiger partial charge in [-0.25, -0.2) is 4.79 Å². The minimum absolute atomic E-state index is 0.111. The minimum atomic E-state index is -0.723. The van der Waals surface area contributed by atoms with Crippen LogP contribution in [0.5, 0.6) is 0 Å². The number of anilines is 2. The quantitative estimate of drug-likeness (QED) is 0.495. The molecule has 0 spiro atoms. The van der Waals surface area contributed by atoms with Crippen LogP contribution in [0.2, 0.25) is 0 Å². The van der Waals surface area contributed by atoms with E-state index in [1.165, 1.54) is 22.1 Å². The summed E-state index contributed by atoms with van der Waals surface area (Å²) in [5, 5.41) is 12.5. The molecule has 0 fully saturated rings. The topological polar surface area (TPSA) is 106 Å². The summed E-state index contributed by atoms with van der Waals surface area (Å²) in [6.45, 7) is 0. The Morgan fingerprint density at radius 2 is 2.10 bits per heavy atom. The fraction of sp³-hybridized carbons (Fsp3) is 0.143. The summed E-state index contributed by atoms with van der Waals surface area (Å²) >= 11 is 1.54. The zero-order valence-corrected chi connectivity index (χ0v) is 16.7. The molecule has 0 aliphatic carbocycles. The van der Waals surface area contributed by atoms with E-state index in [-0.39, 0.29) is 23.8 Å². The number of hydrogen-bond acceptors (Lipinski definition) is 6. The van der Waals surface area contributed by atoms with E-state index < -0.39 is 11.5 Å². The molecule has 1 aromatic carbocycles. The van der Waals surface area contributed by atoms with Crippen molar-refractivity contribution in [2.75, 3.05) is 10.6 Å². The SMILES string of the molecule is Cn1nc(NC(=O)c2cc3ccccc3oc2=O)c2c1NC(=O)C[C@@H]2c1cccs1. The second-order valence-electron chi connectivity index (χ2n) is 6.99. The van der Waals surface area contributed by atoms with Gasteiger partial charge in [0.2, 0.25) is 5.91 Å². The van der Waals surface area contributed by atoms with E-state index in [9.17, 15) is 14.4 Å². The Bertz CT molecular complexity index is 1350. The van der Waals surface area contributed by atoms with Gasteiger partial charge in [0.15, 0.2) is 5.82 Å². The number of aromatic nitrogens is 2. The summed E-state index contributed by atoms with van der Waals surface area (Å²) in [5.74, 6) is -0.117. The Morgan fingerprint density at radius 3 is 2.90 bits per heavy atom. The first-order valence-corrected chi connectivity index (χ1v) is 10.1. The molecule has 1 atom stereocenters. The number of hydrogen-bond donors (Lipinski definition) is 2. The molecule has 2 amide bonds. The van der Waals surface area contributed by atoms with E-state index in [1.54, 1.807) is 31.3 Å². The van der Waals surface area contributed by atoms with Crippen molar-refractivity contribution in [2.45, 2.75) is 12.3 Å². The molecule has 9 heteroatoms. The number of aryl methyl sites for hydroxylation is 1. The molecule has 1 aliphatic heterocycles. The van der Waals surface area contributed by atoms with Crippen LogP contribution in [0.1, 0.15) is 33.1 Å². The summed E-state index contributed by atoms with van der Waals surface area (Å²) in [4.78, 5) is 38.5. The molecular weight excluding hydrogens is 404 g/mol. The van der Waals surface area contributed by atoms with Crippen molar-refractivity contribution in [3.05, 3.63) is 74.3 Å². The molecule has 150 valence electrons. The van der Waals surface area contributed by atoms with Gasteiger partial charge in [0.25, 0.3) is 5.91 Å². The number of nitrogens with zero attached hydrogens (tertiary/aromatic N) is 2. The van der Waals surface area contributed by atoms with Crippen LogP contribution in [0.4, 0.5) is 11.6 Å². The number of rotatable bonds is 3. The molecule has 5 rings (SSSR count). The maximum absolute atomic E-state index is 12.9. The zero-order valence-electron chi connectivity index (χ0n) is 15.8. The van der Waals surface area contributed by atoms with Gasteiger partial charge in [-0.1, -0.05) is 24.3 Å². The van der Waals surface area contributed by atoms with E-state index in [2.05, 4.69) is 15.7 Å². The van der Waals surface area contributed by atoms with E-state index >= 15 is 0 Å². The Morgan fingerprint density at radius 1 is 1.27 bits per heavy atom. The van der Waals surface area contributed by atoms with Crippen molar-refractivity contribution in [1.29, 1.82) is 0 Å². The van der Waals surface area contributed by atoms with Crippen LogP contribution in [-0.4, -0.2) is 21.6 Å². The summed E-state index contributed by atoms with van der Waals surface area (Å²) in [6, 6.07) is 12.4. The fourth-order valence-corrected chi connectivity index (χ4v) is 4.55. The third-order valence-corrected chi connectivity index (χ3v) is 6.07. The lowest BCUT2D eigenvalue weighted by Gasteiger charge is -2.22. The first kappa shape index (κ1) is 18.3. The maximum atomic E-state index is 12.9. The van der Waals surface area contributed by atoms with Gasteiger partial charge in [0.1, 0.15) is 17.0 Å². The lowest BCUT2D eigenvalue weighted by Crippen LogP contribution is -2.25. The summed E-state index contributed by atoms with van der Waals surface area (Å²) in [5.41, 5.74) is 0.299. The molecule has 0 bridgehead atoms. The van der Waals surface area contributed by atoms with E-state index in [0.29, 0.717) is 22.6 Å². The van der Waals surface area contributed by atoms with Gasteiger partial charge in [0.05, 0.1) is 0 Å². The molecule has 4 aromatic rings. The average Bonchev–Trinajstić information content (AvgIpc) is 3.36. The lowest BCUT2D eigenvalue weighted by atomic mass is 9.92. The number of carbonyl (C=O) groups is 2. The number of benzene rings is 1. The van der Waals surface area contributed by atoms with Gasteiger partial charge in [-0.05, 0) is 23.6 Å². The first-order chi connectivity index (χ1) is 14.5. The van der Waals surface area contributed by atoms with Crippen LogP contribution in [0, 0.1) is 0 Å². The molecule has 0 unspecified atom stereocenters. The number of nitrogens with one attached hydrogen (secondary N) is 2. The van der Waals surface area contributed by atoms with Crippen LogP contribution >= 0.6 is 11.3 Å². The van der Waals surface area contributed by atoms with Crippen LogP contribution in [0.3, 0.4) is 0 Å². The van der Waals surface area contributed by atoms with Crippen LogP contribution < -0.4 is 16.3 Å². The number of amides is 2. The van der Waals surface area contributed by atoms with Gasteiger partial charge < -0.3 is 15.1 Å². The fourth-order valence-electron chi connectivity index (χ4n) is 3.71. The third-order valence-electron chi connectivity index (χ3n) is 5.08. The lowest BCUT2D eigenvalue weighted by molar-refractivity contribution is -0.116. The van der Waals surface area contributed by atoms with Crippen molar-refractivity contribution >= 4 is 45.8 Å². The largest absolute Gasteiger partial charge is 0.422 e. The third kappa shape index (κ3) is 3.00. The maximum Gasteiger partial charge on any atom is 0.349 e. The van der Waals surface area contributed by atoms with E-state index in [4.69, 9.17) is 4.42 Å². The normalized spacial score (nSPS) is 15.6. The van der Waals surface area contributed by atoms with Gasteiger partial charge in [-0.2, -0.15) is 5.10 Å². The minimum Gasteiger partial charge on any atom is -0.422 e. The van der Waals surface area contributed by atoms with Crippen molar-refractivity contribution < 1.29 is 14.0 Å². The molecule has 0 saturated carbocycles. The number of carbonyl (C=O) groups excluding carboxylic acids is 2. The molecule has 4 heterocycles. The highest BCUT2D eigenvalue weighted by atomic mass is 32.1. The average molecular weight is 420 g/mol. The molecule has 0 saturated heterocycles. The molecule has 2 N–H and O–H groups in total. The van der Waals surface area contributed by atoms with Gasteiger partial charge in [-0.15, -0.1) is 11.3 Å². The molecule has 1 aliphatic rings. The van der Waals surface area contributed by atoms with Crippen LogP contribution in [-0.2, 0) is 11.8 Å². The van der Waals surface area contributed by atoms with E-state index in [1.807, 2.05) is 17.5 Å². The smallest absolute Gasteiger partial charge is 0.349 e. The Kier molecular flexibility index (Phi) is 4.25. The molecule has 8 nitrogen and oxygen atoms in total. The summed E-state index contributed by atoms with van der Waals surface area (Å²) < 4.78 is 6.79. The van der Waals surface area contributed by atoms with E-state index in [0.717, 1.165) is 10.4 Å². The van der Waals surface area contributed by atoms with Gasteiger partial charge in [-0.3, -0.25) is 14.3 Å². The Labute approximate surface area is 174 Å². The standard InChI is InChI=1S/C21H16N4O4S/c1-25-19-17(12(10-16(26)22-19)15-7-4-8-30-15)18(24-25)23-20(27)13-9-11-5-2-3-6-14(11)29-21(13)28/h2-9,12H,10H2,1H3,(H,22,26)(H,23,24,27)/t12-/m1/s1. The molecule has 0 radical (unpaired) electrons.